The summed E-state index contributed by atoms with van der Waals surface area (Å²) in [6.45, 7) is 6.72. The number of hydrogen-bond donors (Lipinski definition) is 1. The van der Waals surface area contributed by atoms with Crippen LogP contribution in [0.5, 0.6) is 0 Å². The van der Waals surface area contributed by atoms with E-state index in [1.165, 1.54) is 4.90 Å². The number of nitrogens with zero attached hydrogens (tertiary/aromatic N) is 6. The van der Waals surface area contributed by atoms with Gasteiger partial charge in [0.1, 0.15) is 24.0 Å². The Hall–Kier alpha value is -3.68. The van der Waals surface area contributed by atoms with Crippen molar-refractivity contribution >= 4 is 35.1 Å². The number of fused-ring (bicyclic) bond motifs is 1. The minimum atomic E-state index is -4.57. The van der Waals surface area contributed by atoms with E-state index in [2.05, 4.69) is 19.9 Å². The third-order valence-electron chi connectivity index (χ3n) is 6.33. The monoisotopic (exact) mass is 537 g/mol. The molecule has 0 bridgehead atoms. The van der Waals surface area contributed by atoms with E-state index in [-0.39, 0.29) is 35.6 Å². The number of hydrogen-bond acceptors (Lipinski definition) is 9. The highest BCUT2D eigenvalue weighted by molar-refractivity contribution is 6.12. The predicted octanol–water partition coefficient (Wildman–Crippen LogP) is 3.15. The van der Waals surface area contributed by atoms with E-state index in [0.717, 1.165) is 12.9 Å². The number of anilines is 4. The molecule has 4 heterocycles. The molecule has 0 radical (unpaired) electrons. The number of carbonyl (C=O) groups excluding carboxylic acids is 2. The number of nitrogen functional groups attached to an aromatic ring is 1. The summed E-state index contributed by atoms with van der Waals surface area (Å²) in [6.07, 6.45) is -4.11. The molecule has 206 valence electrons. The fourth-order valence-corrected chi connectivity index (χ4v) is 4.69. The van der Waals surface area contributed by atoms with Gasteiger partial charge in [-0.3, -0.25) is 9.69 Å². The summed E-state index contributed by atoms with van der Waals surface area (Å²) in [5.41, 5.74) is 5.97. The third kappa shape index (κ3) is 5.44. The van der Waals surface area contributed by atoms with E-state index in [1.807, 2.05) is 19.9 Å². The number of carbonyl (C=O) groups is 2. The summed E-state index contributed by atoms with van der Waals surface area (Å²) < 4.78 is 48.4. The van der Waals surface area contributed by atoms with Gasteiger partial charge in [0.05, 0.1) is 35.1 Å². The average molecular weight is 538 g/mol. The van der Waals surface area contributed by atoms with Gasteiger partial charge in [0.15, 0.2) is 12.4 Å². The van der Waals surface area contributed by atoms with Crippen LogP contribution in [0.1, 0.15) is 39.1 Å². The molecule has 14 heteroatoms. The minimum absolute atomic E-state index is 0.00594. The van der Waals surface area contributed by atoms with Gasteiger partial charge in [-0.1, -0.05) is 0 Å². The van der Waals surface area contributed by atoms with E-state index in [4.69, 9.17) is 15.2 Å². The number of morpholine rings is 1. The number of nitrogens with two attached hydrogens (primary N) is 1. The lowest BCUT2D eigenvalue weighted by Crippen LogP contribution is -2.45. The van der Waals surface area contributed by atoms with Crippen LogP contribution < -0.4 is 15.5 Å². The second-order valence-electron chi connectivity index (χ2n) is 10.1. The van der Waals surface area contributed by atoms with Gasteiger partial charge in [0, 0.05) is 20.1 Å². The molecule has 2 aliphatic heterocycles. The molecule has 1 fully saturated rings. The zero-order valence-electron chi connectivity index (χ0n) is 21.7. The number of rotatable bonds is 5. The van der Waals surface area contributed by atoms with E-state index in [0.29, 0.717) is 29.2 Å². The maximum absolute atomic E-state index is 13.5. The van der Waals surface area contributed by atoms with Crippen molar-refractivity contribution in [2.45, 2.75) is 58.1 Å². The topological polar surface area (TPSA) is 127 Å². The Morgan fingerprint density at radius 3 is 2.47 bits per heavy atom. The molecular weight excluding hydrogens is 507 g/mol. The SMILES string of the molecule is C[C@@H]1CN(c2ccc(N3C(=O)C(C)(C)c4c(N)nc(COC(=O)N(C)CC(F)(F)F)nc43)cn2)C[C@H](C)O1. The summed E-state index contributed by atoms with van der Waals surface area (Å²) in [6, 6.07) is 3.56. The van der Waals surface area contributed by atoms with Crippen molar-refractivity contribution in [3.05, 3.63) is 29.7 Å². The number of alkyl halides is 3. The van der Waals surface area contributed by atoms with Gasteiger partial charge in [-0.05, 0) is 39.8 Å². The molecule has 1 saturated heterocycles. The second-order valence-corrected chi connectivity index (χ2v) is 10.1. The van der Waals surface area contributed by atoms with Gasteiger partial charge < -0.3 is 25.0 Å². The Labute approximate surface area is 217 Å². The van der Waals surface area contributed by atoms with E-state index < -0.39 is 30.8 Å². The van der Waals surface area contributed by atoms with E-state index >= 15 is 0 Å². The molecule has 0 saturated carbocycles. The molecule has 11 nitrogen and oxygen atoms in total. The molecular formula is C24H30F3N7O4. The normalized spacial score (nSPS) is 20.9. The van der Waals surface area contributed by atoms with Crippen LogP contribution in [0.4, 0.5) is 41.1 Å². The summed E-state index contributed by atoms with van der Waals surface area (Å²) >= 11 is 0. The Morgan fingerprint density at radius 2 is 1.89 bits per heavy atom. The lowest BCUT2D eigenvalue weighted by molar-refractivity contribution is -0.140. The average Bonchev–Trinajstić information content (AvgIpc) is 3.01. The van der Waals surface area contributed by atoms with Crippen LogP contribution in [-0.2, 0) is 26.3 Å². The van der Waals surface area contributed by atoms with Crippen LogP contribution in [0, 0.1) is 0 Å². The zero-order valence-corrected chi connectivity index (χ0v) is 21.7. The highest BCUT2D eigenvalue weighted by Crippen LogP contribution is 2.46. The molecule has 0 unspecified atom stereocenters. The molecule has 0 aromatic carbocycles. The number of aromatic nitrogens is 3. The van der Waals surface area contributed by atoms with Crippen LogP contribution in [0.3, 0.4) is 0 Å². The minimum Gasteiger partial charge on any atom is -0.441 e. The van der Waals surface area contributed by atoms with Crippen molar-refractivity contribution in [3.8, 4) is 0 Å². The van der Waals surface area contributed by atoms with Crippen LogP contribution in [-0.4, -0.2) is 76.9 Å². The standard InChI is InChI=1S/C24H30F3N7O4/c1-13-9-33(10-14(2)38-13)17-7-6-15(8-29-17)34-20-18(23(3,4)21(34)35)19(28)30-16(31-20)11-37-22(36)32(5)12-24(25,26)27/h6-8,13-14H,9-12H2,1-5H3,(H2,28,30,31)/t13-,14+. The third-order valence-corrected chi connectivity index (χ3v) is 6.33. The molecule has 2 atom stereocenters. The van der Waals surface area contributed by atoms with Crippen molar-refractivity contribution in [3.63, 3.8) is 0 Å². The van der Waals surface area contributed by atoms with Crippen molar-refractivity contribution < 1.29 is 32.2 Å². The number of ether oxygens (including phenoxy) is 2. The molecule has 0 spiro atoms. The Bertz CT molecular complexity index is 1210. The molecule has 2 aromatic heterocycles. The second kappa shape index (κ2) is 9.89. The first-order valence-corrected chi connectivity index (χ1v) is 12.0. The molecule has 4 rings (SSSR count). The highest BCUT2D eigenvalue weighted by atomic mass is 19.4. The van der Waals surface area contributed by atoms with Gasteiger partial charge in [-0.2, -0.15) is 13.2 Å². The molecule has 2 aliphatic rings. The summed E-state index contributed by atoms with van der Waals surface area (Å²) in [4.78, 5) is 42.4. The van der Waals surface area contributed by atoms with Crippen LogP contribution >= 0.6 is 0 Å². The van der Waals surface area contributed by atoms with Gasteiger partial charge in [-0.15, -0.1) is 0 Å². The van der Waals surface area contributed by atoms with Gasteiger partial charge >= 0.3 is 12.3 Å². The first-order chi connectivity index (χ1) is 17.7. The predicted molar refractivity (Wildman–Crippen MR) is 132 cm³/mol. The summed E-state index contributed by atoms with van der Waals surface area (Å²) in [7, 11) is 0.964. The maximum Gasteiger partial charge on any atom is 0.410 e. The number of amides is 2. The molecule has 2 amide bonds. The summed E-state index contributed by atoms with van der Waals surface area (Å²) in [5.74, 6) is 0.568. The molecule has 2 N–H and O–H groups in total. The Morgan fingerprint density at radius 1 is 1.24 bits per heavy atom. The Balaban J connectivity index is 1.59. The lowest BCUT2D eigenvalue weighted by atomic mass is 9.87. The van der Waals surface area contributed by atoms with E-state index in [9.17, 15) is 22.8 Å². The van der Waals surface area contributed by atoms with Crippen LogP contribution in [0.25, 0.3) is 0 Å². The van der Waals surface area contributed by atoms with Gasteiger partial charge in [0.2, 0.25) is 5.91 Å². The highest BCUT2D eigenvalue weighted by Gasteiger charge is 2.48. The van der Waals surface area contributed by atoms with Crippen LogP contribution in [0.15, 0.2) is 18.3 Å². The Kier molecular flexibility index (Phi) is 7.12. The lowest BCUT2D eigenvalue weighted by Gasteiger charge is -2.36. The van der Waals surface area contributed by atoms with Crippen LogP contribution in [0.2, 0.25) is 0 Å². The van der Waals surface area contributed by atoms with Crippen molar-refractivity contribution in [1.82, 2.24) is 19.9 Å². The van der Waals surface area contributed by atoms with Gasteiger partial charge in [0.25, 0.3) is 0 Å². The first kappa shape index (κ1) is 27.4. The number of pyridine rings is 1. The molecule has 38 heavy (non-hydrogen) atoms. The summed E-state index contributed by atoms with van der Waals surface area (Å²) in [5, 5.41) is 0. The smallest absolute Gasteiger partial charge is 0.410 e. The molecule has 0 aliphatic carbocycles. The number of halogens is 3. The van der Waals surface area contributed by atoms with Crippen molar-refractivity contribution in [1.29, 1.82) is 0 Å². The fraction of sp³-hybridized carbons (Fsp3) is 0.542. The molecule has 2 aromatic rings. The van der Waals surface area contributed by atoms with E-state index in [1.54, 1.807) is 26.1 Å². The van der Waals surface area contributed by atoms with Gasteiger partial charge in [-0.25, -0.2) is 19.7 Å². The fourth-order valence-electron chi connectivity index (χ4n) is 4.69. The zero-order chi connectivity index (χ0) is 28.0. The largest absolute Gasteiger partial charge is 0.441 e. The maximum atomic E-state index is 13.5. The quantitative estimate of drug-likeness (QED) is 0.612. The van der Waals surface area contributed by atoms with Crippen molar-refractivity contribution in [2.24, 2.45) is 0 Å². The van der Waals surface area contributed by atoms with Crippen molar-refractivity contribution in [2.75, 3.05) is 42.2 Å². The first-order valence-electron chi connectivity index (χ1n) is 12.0.